The van der Waals surface area contributed by atoms with Crippen molar-refractivity contribution >= 4 is 0 Å². The lowest BCUT2D eigenvalue weighted by Crippen LogP contribution is -2.59. The van der Waals surface area contributed by atoms with E-state index >= 15 is 0 Å². The van der Waals surface area contributed by atoms with Gasteiger partial charge in [-0.05, 0) is 12.8 Å². The molecule has 0 saturated carbocycles. The molecule has 0 amide bonds. The molecule has 28 heavy (non-hydrogen) atoms. The monoisotopic (exact) mass is 414 g/mol. The highest BCUT2D eigenvalue weighted by atomic mass is 16.7. The van der Waals surface area contributed by atoms with Gasteiger partial charge in [0, 0.05) is 13.2 Å². The van der Waals surface area contributed by atoms with Crippen molar-refractivity contribution in [3.05, 3.63) is 0 Å². The van der Waals surface area contributed by atoms with Gasteiger partial charge in [0.15, 0.2) is 12.6 Å². The quantitative estimate of drug-likeness (QED) is 0.168. The van der Waals surface area contributed by atoms with Gasteiger partial charge in [-0.1, -0.05) is 0 Å². The average molecular weight is 414 g/mol. The van der Waals surface area contributed by atoms with Gasteiger partial charge >= 0.3 is 0 Å². The lowest BCUT2D eigenvalue weighted by atomic mass is 9.99. The summed E-state index contributed by atoms with van der Waals surface area (Å²) in [5.74, 6) is 0. The molecular formula is C16H30O12. The Morgan fingerprint density at radius 3 is 1.21 bits per heavy atom. The number of ether oxygens (including phenoxy) is 4. The van der Waals surface area contributed by atoms with Gasteiger partial charge in [-0.25, -0.2) is 0 Å². The number of hydrogen-bond acceptors (Lipinski definition) is 12. The van der Waals surface area contributed by atoms with E-state index in [0.717, 1.165) is 0 Å². The van der Waals surface area contributed by atoms with Crippen LogP contribution in [0.2, 0.25) is 0 Å². The predicted octanol–water partition coefficient (Wildman–Crippen LogP) is -4.60. The standard InChI is InChI=1S/C16H30O12/c17-5-7-9(19)11(21)13(23)15(27-7)25-3-1-2-4-26-16-14(24)12(22)10(20)8(6-18)28-16/h7-24H,1-6H2/t7-,8-,9-,10-,11+,12+,13+,14+,15-,16-/m1/s1. The number of unbranched alkanes of at least 4 members (excludes halogenated alkanes) is 1. The summed E-state index contributed by atoms with van der Waals surface area (Å²) >= 11 is 0. The van der Waals surface area contributed by atoms with Crippen molar-refractivity contribution in [1.29, 1.82) is 0 Å². The second-order valence-electron chi connectivity index (χ2n) is 6.84. The molecule has 2 aliphatic heterocycles. The van der Waals surface area contributed by atoms with Crippen LogP contribution in [0.3, 0.4) is 0 Å². The van der Waals surface area contributed by atoms with E-state index in [1.165, 1.54) is 0 Å². The van der Waals surface area contributed by atoms with Gasteiger partial charge in [-0.3, -0.25) is 0 Å². The Balaban J connectivity index is 1.66. The van der Waals surface area contributed by atoms with Crippen LogP contribution in [0.25, 0.3) is 0 Å². The summed E-state index contributed by atoms with van der Waals surface area (Å²) in [6, 6.07) is 0. The Morgan fingerprint density at radius 2 is 0.893 bits per heavy atom. The van der Waals surface area contributed by atoms with Gasteiger partial charge in [0.2, 0.25) is 0 Å². The van der Waals surface area contributed by atoms with E-state index < -0.39 is 74.6 Å². The van der Waals surface area contributed by atoms with Gasteiger partial charge in [0.25, 0.3) is 0 Å². The van der Waals surface area contributed by atoms with Crippen molar-refractivity contribution in [3.8, 4) is 0 Å². The molecule has 2 aliphatic rings. The minimum atomic E-state index is -1.51. The molecule has 0 aliphatic carbocycles. The van der Waals surface area contributed by atoms with Crippen LogP contribution in [-0.2, 0) is 18.9 Å². The zero-order chi connectivity index (χ0) is 20.8. The Morgan fingerprint density at radius 1 is 0.536 bits per heavy atom. The van der Waals surface area contributed by atoms with Crippen LogP contribution in [0.5, 0.6) is 0 Å². The molecule has 0 spiro atoms. The third kappa shape index (κ3) is 5.56. The fourth-order valence-electron chi connectivity index (χ4n) is 3.01. The Kier molecular flexibility index (Phi) is 9.40. The van der Waals surface area contributed by atoms with Crippen molar-refractivity contribution in [2.45, 2.75) is 74.3 Å². The van der Waals surface area contributed by atoms with Gasteiger partial charge in [0.05, 0.1) is 13.2 Å². The van der Waals surface area contributed by atoms with E-state index in [4.69, 9.17) is 29.2 Å². The molecule has 8 N–H and O–H groups in total. The molecule has 0 aromatic rings. The summed E-state index contributed by atoms with van der Waals surface area (Å²) in [4.78, 5) is 0. The molecule has 2 heterocycles. The van der Waals surface area contributed by atoms with Crippen molar-refractivity contribution in [2.24, 2.45) is 0 Å². The molecule has 0 aromatic heterocycles. The Labute approximate surface area is 161 Å². The van der Waals surface area contributed by atoms with Crippen molar-refractivity contribution < 1.29 is 59.8 Å². The minimum absolute atomic E-state index is 0.112. The molecule has 0 aromatic carbocycles. The van der Waals surface area contributed by atoms with Crippen LogP contribution in [0.1, 0.15) is 12.8 Å². The van der Waals surface area contributed by atoms with Crippen molar-refractivity contribution in [2.75, 3.05) is 26.4 Å². The summed E-state index contributed by atoms with van der Waals surface area (Å²) in [6.45, 7) is -0.864. The molecule has 12 heteroatoms. The van der Waals surface area contributed by atoms with E-state index in [0.29, 0.717) is 12.8 Å². The highest BCUT2D eigenvalue weighted by molar-refractivity contribution is 4.89. The molecule has 2 saturated heterocycles. The first-order valence-corrected chi connectivity index (χ1v) is 9.16. The molecule has 10 atom stereocenters. The van der Waals surface area contributed by atoms with E-state index in [9.17, 15) is 30.6 Å². The maximum atomic E-state index is 9.84. The first-order valence-electron chi connectivity index (χ1n) is 9.16. The summed E-state index contributed by atoms with van der Waals surface area (Å²) in [6.07, 6.45) is -12.5. The third-order valence-corrected chi connectivity index (χ3v) is 4.80. The van der Waals surface area contributed by atoms with Crippen LogP contribution in [0.15, 0.2) is 0 Å². The molecule has 12 nitrogen and oxygen atoms in total. The summed E-state index contributed by atoms with van der Waals surface area (Å²) in [5.41, 5.74) is 0. The van der Waals surface area contributed by atoms with E-state index in [1.807, 2.05) is 0 Å². The smallest absolute Gasteiger partial charge is 0.186 e. The molecule has 166 valence electrons. The van der Waals surface area contributed by atoms with Crippen LogP contribution in [-0.4, -0.2) is 129 Å². The fourth-order valence-corrected chi connectivity index (χ4v) is 3.01. The van der Waals surface area contributed by atoms with E-state index in [2.05, 4.69) is 0 Å². The second kappa shape index (κ2) is 11.1. The first kappa shape index (κ1) is 23.8. The van der Waals surface area contributed by atoms with E-state index in [1.54, 1.807) is 0 Å². The summed E-state index contributed by atoms with van der Waals surface area (Å²) in [7, 11) is 0. The van der Waals surface area contributed by atoms with Gasteiger partial charge in [-0.15, -0.1) is 0 Å². The lowest BCUT2D eigenvalue weighted by Gasteiger charge is -2.39. The van der Waals surface area contributed by atoms with Crippen molar-refractivity contribution in [3.63, 3.8) is 0 Å². The van der Waals surface area contributed by atoms with E-state index in [-0.39, 0.29) is 13.2 Å². The summed E-state index contributed by atoms with van der Waals surface area (Å²) < 4.78 is 21.1. The molecule has 2 fully saturated rings. The normalized spacial score (nSPS) is 44.6. The number of aliphatic hydroxyl groups is 8. The van der Waals surface area contributed by atoms with Gasteiger partial charge < -0.3 is 59.8 Å². The Bertz CT molecular complexity index is 409. The van der Waals surface area contributed by atoms with Gasteiger partial charge in [0.1, 0.15) is 48.8 Å². The molecular weight excluding hydrogens is 384 g/mol. The molecule has 2 rings (SSSR count). The first-order chi connectivity index (χ1) is 13.3. The number of aliphatic hydroxyl groups excluding tert-OH is 8. The van der Waals surface area contributed by atoms with Crippen molar-refractivity contribution in [1.82, 2.24) is 0 Å². The SMILES string of the molecule is OC[C@H]1O[C@@H](OCCCCO[C@@H]2O[C@H](CO)[C@@H](O)[C@H](O)[C@@H]2O)[C@@H](O)[C@@H](O)[C@@H]1O. The second-order valence-corrected chi connectivity index (χ2v) is 6.84. The number of rotatable bonds is 9. The molecule has 0 radical (unpaired) electrons. The maximum absolute atomic E-state index is 9.84. The maximum Gasteiger partial charge on any atom is 0.186 e. The highest BCUT2D eigenvalue weighted by Gasteiger charge is 2.45. The van der Waals surface area contributed by atoms with Crippen LogP contribution >= 0.6 is 0 Å². The third-order valence-electron chi connectivity index (χ3n) is 4.80. The molecule has 0 bridgehead atoms. The van der Waals surface area contributed by atoms with Crippen LogP contribution in [0.4, 0.5) is 0 Å². The van der Waals surface area contributed by atoms with Gasteiger partial charge in [-0.2, -0.15) is 0 Å². The fraction of sp³-hybridized carbons (Fsp3) is 1.00. The summed E-state index contributed by atoms with van der Waals surface area (Å²) in [5, 5.41) is 76.6. The highest BCUT2D eigenvalue weighted by Crippen LogP contribution is 2.23. The van der Waals surface area contributed by atoms with Crippen LogP contribution in [0, 0.1) is 0 Å². The minimum Gasteiger partial charge on any atom is -0.394 e. The number of hydrogen-bond donors (Lipinski definition) is 8. The average Bonchev–Trinajstić information content (AvgIpc) is 2.70. The van der Waals surface area contributed by atoms with Crippen LogP contribution < -0.4 is 0 Å². The largest absolute Gasteiger partial charge is 0.394 e. The lowest BCUT2D eigenvalue weighted by molar-refractivity contribution is -0.304. The molecule has 0 unspecified atom stereocenters. The predicted molar refractivity (Wildman–Crippen MR) is 88.7 cm³/mol. The Hall–Kier alpha value is -0.480. The zero-order valence-electron chi connectivity index (χ0n) is 15.2. The topological polar surface area (TPSA) is 199 Å². The zero-order valence-corrected chi connectivity index (χ0v) is 15.2.